The highest BCUT2D eigenvalue weighted by Crippen LogP contribution is 2.25. The standard InChI is InChI=1S/C15H25NO2S/c1-10(2)19(17,18)9-14(16-6)15-12(4)7-11(3)8-13(15)5/h7-8,10,14,16H,9H2,1-6H3. The van der Waals surface area contributed by atoms with E-state index < -0.39 is 9.84 Å². The van der Waals surface area contributed by atoms with Crippen molar-refractivity contribution in [3.8, 4) is 0 Å². The van der Waals surface area contributed by atoms with Gasteiger partial charge in [0.25, 0.3) is 0 Å². The molecule has 0 aliphatic carbocycles. The molecule has 0 aliphatic heterocycles. The largest absolute Gasteiger partial charge is 0.312 e. The first-order valence-electron chi connectivity index (χ1n) is 6.65. The topological polar surface area (TPSA) is 46.2 Å². The van der Waals surface area contributed by atoms with Crippen molar-refractivity contribution >= 4 is 9.84 Å². The van der Waals surface area contributed by atoms with Crippen molar-refractivity contribution in [1.29, 1.82) is 0 Å². The van der Waals surface area contributed by atoms with Crippen LogP contribution in [0.15, 0.2) is 12.1 Å². The van der Waals surface area contributed by atoms with Crippen LogP contribution >= 0.6 is 0 Å². The number of benzene rings is 1. The highest BCUT2D eigenvalue weighted by molar-refractivity contribution is 7.92. The maximum absolute atomic E-state index is 12.1. The van der Waals surface area contributed by atoms with Crippen LogP contribution in [-0.2, 0) is 9.84 Å². The molecule has 0 saturated carbocycles. The molecular formula is C15H25NO2S. The molecule has 19 heavy (non-hydrogen) atoms. The van der Waals surface area contributed by atoms with Gasteiger partial charge in [0.05, 0.1) is 11.0 Å². The van der Waals surface area contributed by atoms with Crippen LogP contribution < -0.4 is 5.32 Å². The summed E-state index contributed by atoms with van der Waals surface area (Å²) >= 11 is 0. The van der Waals surface area contributed by atoms with E-state index in [2.05, 4.69) is 24.4 Å². The molecule has 0 radical (unpaired) electrons. The van der Waals surface area contributed by atoms with Crippen LogP contribution in [0.3, 0.4) is 0 Å². The number of hydrogen-bond donors (Lipinski definition) is 1. The summed E-state index contributed by atoms with van der Waals surface area (Å²) in [5.41, 5.74) is 4.62. The summed E-state index contributed by atoms with van der Waals surface area (Å²) in [6.07, 6.45) is 0. The molecule has 3 nitrogen and oxygen atoms in total. The number of sulfone groups is 1. The Kier molecular flexibility index (Phi) is 5.16. The first-order valence-corrected chi connectivity index (χ1v) is 8.37. The lowest BCUT2D eigenvalue weighted by molar-refractivity contribution is 0.565. The SMILES string of the molecule is CNC(CS(=O)(=O)C(C)C)c1c(C)cc(C)cc1C. The fraction of sp³-hybridized carbons (Fsp3) is 0.600. The van der Waals surface area contributed by atoms with Crippen LogP contribution in [0.1, 0.15) is 42.1 Å². The normalized spacial score (nSPS) is 13.8. The first kappa shape index (κ1) is 16.2. The summed E-state index contributed by atoms with van der Waals surface area (Å²) in [5.74, 6) is 0.145. The molecule has 1 unspecified atom stereocenters. The van der Waals surface area contributed by atoms with Gasteiger partial charge in [-0.3, -0.25) is 0 Å². The summed E-state index contributed by atoms with van der Waals surface area (Å²) in [7, 11) is -1.25. The molecule has 1 aromatic carbocycles. The Bertz CT molecular complexity index is 524. The molecule has 0 amide bonds. The van der Waals surface area contributed by atoms with E-state index in [1.807, 2.05) is 20.9 Å². The van der Waals surface area contributed by atoms with E-state index in [4.69, 9.17) is 0 Å². The van der Waals surface area contributed by atoms with Crippen molar-refractivity contribution in [1.82, 2.24) is 5.32 Å². The van der Waals surface area contributed by atoms with Crippen molar-refractivity contribution in [3.05, 3.63) is 34.4 Å². The summed E-state index contributed by atoms with van der Waals surface area (Å²) in [6, 6.07) is 4.07. The number of aryl methyl sites for hydroxylation is 3. The fourth-order valence-electron chi connectivity index (χ4n) is 2.48. The average molecular weight is 283 g/mol. The minimum atomic E-state index is -3.06. The summed E-state index contributed by atoms with van der Waals surface area (Å²) < 4.78 is 24.2. The third-order valence-corrected chi connectivity index (χ3v) is 5.79. The second-order valence-corrected chi connectivity index (χ2v) is 8.13. The van der Waals surface area contributed by atoms with Crippen molar-refractivity contribution in [2.75, 3.05) is 12.8 Å². The minimum Gasteiger partial charge on any atom is -0.312 e. The monoisotopic (exact) mass is 283 g/mol. The molecule has 1 atom stereocenters. The molecule has 4 heteroatoms. The fourth-order valence-corrected chi connectivity index (χ4v) is 3.66. The molecule has 0 fully saturated rings. The van der Waals surface area contributed by atoms with Crippen LogP contribution in [0.4, 0.5) is 0 Å². The lowest BCUT2D eigenvalue weighted by atomic mass is 9.95. The van der Waals surface area contributed by atoms with Crippen LogP contribution in [0.5, 0.6) is 0 Å². The molecule has 0 heterocycles. The van der Waals surface area contributed by atoms with Crippen molar-refractivity contribution in [3.63, 3.8) is 0 Å². The van der Waals surface area contributed by atoms with E-state index >= 15 is 0 Å². The van der Waals surface area contributed by atoms with Gasteiger partial charge >= 0.3 is 0 Å². The predicted molar refractivity (Wildman–Crippen MR) is 81.4 cm³/mol. The van der Waals surface area contributed by atoms with Crippen molar-refractivity contribution < 1.29 is 8.42 Å². The Morgan fingerprint density at radius 3 is 1.95 bits per heavy atom. The van der Waals surface area contributed by atoms with E-state index in [9.17, 15) is 8.42 Å². The van der Waals surface area contributed by atoms with Gasteiger partial charge in [-0.05, 0) is 58.4 Å². The van der Waals surface area contributed by atoms with Crippen LogP contribution in [0, 0.1) is 20.8 Å². The van der Waals surface area contributed by atoms with Crippen LogP contribution in [-0.4, -0.2) is 26.5 Å². The Hall–Kier alpha value is -0.870. The van der Waals surface area contributed by atoms with E-state index in [0.717, 1.165) is 16.7 Å². The lowest BCUT2D eigenvalue weighted by Gasteiger charge is -2.22. The zero-order valence-electron chi connectivity index (χ0n) is 12.7. The second-order valence-electron chi connectivity index (χ2n) is 5.53. The molecule has 1 aromatic rings. The maximum atomic E-state index is 12.1. The average Bonchev–Trinajstić information content (AvgIpc) is 2.25. The number of rotatable bonds is 5. The van der Waals surface area contributed by atoms with Gasteiger partial charge < -0.3 is 5.32 Å². The Labute approximate surface area is 117 Å². The van der Waals surface area contributed by atoms with Gasteiger partial charge in [0.15, 0.2) is 9.84 Å². The molecule has 0 spiro atoms. The molecule has 108 valence electrons. The maximum Gasteiger partial charge on any atom is 0.154 e. The quantitative estimate of drug-likeness (QED) is 0.903. The highest BCUT2D eigenvalue weighted by atomic mass is 32.2. The van der Waals surface area contributed by atoms with E-state index in [-0.39, 0.29) is 17.0 Å². The molecule has 0 aromatic heterocycles. The van der Waals surface area contributed by atoms with Gasteiger partial charge in [-0.15, -0.1) is 0 Å². The minimum absolute atomic E-state index is 0.145. The van der Waals surface area contributed by atoms with Crippen LogP contribution in [0.25, 0.3) is 0 Å². The van der Waals surface area contributed by atoms with Gasteiger partial charge in [-0.2, -0.15) is 0 Å². The summed E-state index contributed by atoms with van der Waals surface area (Å²) in [6.45, 7) is 9.61. The summed E-state index contributed by atoms with van der Waals surface area (Å²) in [4.78, 5) is 0. The Balaban J connectivity index is 3.19. The van der Waals surface area contributed by atoms with Crippen molar-refractivity contribution in [2.24, 2.45) is 0 Å². The Morgan fingerprint density at radius 2 is 1.58 bits per heavy atom. The van der Waals surface area contributed by atoms with Gasteiger partial charge in [-0.1, -0.05) is 17.7 Å². The number of nitrogens with one attached hydrogen (secondary N) is 1. The smallest absolute Gasteiger partial charge is 0.154 e. The van der Waals surface area contributed by atoms with E-state index in [1.165, 1.54) is 5.56 Å². The van der Waals surface area contributed by atoms with Gasteiger partial charge in [0, 0.05) is 6.04 Å². The van der Waals surface area contributed by atoms with Crippen LogP contribution in [0.2, 0.25) is 0 Å². The van der Waals surface area contributed by atoms with E-state index in [1.54, 1.807) is 13.8 Å². The third kappa shape index (κ3) is 3.80. The highest BCUT2D eigenvalue weighted by Gasteiger charge is 2.24. The van der Waals surface area contributed by atoms with Gasteiger partial charge in [0.2, 0.25) is 0 Å². The zero-order chi connectivity index (χ0) is 14.8. The zero-order valence-corrected chi connectivity index (χ0v) is 13.6. The van der Waals surface area contributed by atoms with Crippen molar-refractivity contribution in [2.45, 2.75) is 45.9 Å². The molecule has 0 bridgehead atoms. The Morgan fingerprint density at radius 1 is 1.11 bits per heavy atom. The molecule has 0 aliphatic rings. The molecule has 1 rings (SSSR count). The second kappa shape index (κ2) is 6.06. The first-order chi connectivity index (χ1) is 8.69. The molecular weight excluding hydrogens is 258 g/mol. The van der Waals surface area contributed by atoms with Gasteiger partial charge in [0.1, 0.15) is 0 Å². The van der Waals surface area contributed by atoms with E-state index in [0.29, 0.717) is 0 Å². The van der Waals surface area contributed by atoms with Gasteiger partial charge in [-0.25, -0.2) is 8.42 Å². The molecule has 1 N–H and O–H groups in total. The lowest BCUT2D eigenvalue weighted by Crippen LogP contribution is -2.30. The summed E-state index contributed by atoms with van der Waals surface area (Å²) in [5, 5.41) is 2.81. The predicted octanol–water partition coefficient (Wildman–Crippen LogP) is 2.70. The number of hydrogen-bond acceptors (Lipinski definition) is 3. The molecule has 0 saturated heterocycles. The third-order valence-electron chi connectivity index (χ3n) is 3.55.